The van der Waals surface area contributed by atoms with Crippen LogP contribution < -0.4 is 22.5 Å². The number of hydrogen-bond acceptors (Lipinski definition) is 7. The normalized spacial score (nSPS) is 18.8. The molecule has 11 nitrogen and oxygen atoms in total. The standard InChI is InChI=1S/C26H38N8O3/c1-26(2,28)23(35)32-12-14-33(15-13-32)24(36)29-22-8-11-34(25(37)30-22)21-5-3-4-19(16-21)6-9-31-10-7-20(17-27)18-31/h3-5,8,11,16,20H,6-7,9-10,12-15,17-18,27-28H2,1-2H3,(H,29,30,36,37)/t20-/m1/s1. The van der Waals surface area contributed by atoms with E-state index >= 15 is 0 Å². The van der Waals surface area contributed by atoms with E-state index in [2.05, 4.69) is 21.3 Å². The number of likely N-dealkylation sites (tertiary alicyclic amines) is 1. The number of nitrogens with two attached hydrogens (primary N) is 2. The number of hydrogen-bond donors (Lipinski definition) is 3. The molecule has 3 amide bonds. The molecule has 1 aromatic heterocycles. The monoisotopic (exact) mass is 510 g/mol. The summed E-state index contributed by atoms with van der Waals surface area (Å²) in [5, 5.41) is 2.70. The lowest BCUT2D eigenvalue weighted by atomic mass is 10.1. The first-order chi connectivity index (χ1) is 17.6. The Morgan fingerprint density at radius 1 is 1.11 bits per heavy atom. The van der Waals surface area contributed by atoms with Gasteiger partial charge in [-0.25, -0.2) is 9.59 Å². The molecule has 3 heterocycles. The fraction of sp³-hybridized carbons (Fsp3) is 0.538. The van der Waals surface area contributed by atoms with E-state index in [-0.39, 0.29) is 17.8 Å². The average molecular weight is 511 g/mol. The van der Waals surface area contributed by atoms with Crippen LogP contribution in [0.4, 0.5) is 10.6 Å². The molecule has 2 aromatic rings. The maximum absolute atomic E-state index is 12.8. The molecule has 1 atom stereocenters. The zero-order chi connectivity index (χ0) is 26.6. The molecule has 4 rings (SSSR count). The molecule has 0 bridgehead atoms. The highest BCUT2D eigenvalue weighted by atomic mass is 16.2. The van der Waals surface area contributed by atoms with Gasteiger partial charge in [0, 0.05) is 45.5 Å². The van der Waals surface area contributed by atoms with E-state index < -0.39 is 11.2 Å². The minimum Gasteiger partial charge on any atom is -0.338 e. The second-order valence-electron chi connectivity index (χ2n) is 10.5. The fourth-order valence-corrected chi connectivity index (χ4v) is 4.84. The van der Waals surface area contributed by atoms with Crippen molar-refractivity contribution >= 4 is 17.8 Å². The molecular formula is C26H38N8O3. The first-order valence-corrected chi connectivity index (χ1v) is 12.9. The summed E-state index contributed by atoms with van der Waals surface area (Å²) in [4.78, 5) is 47.6. The van der Waals surface area contributed by atoms with Crippen LogP contribution in [0, 0.1) is 5.92 Å². The Balaban J connectivity index is 1.33. The molecule has 2 aliphatic rings. The summed E-state index contributed by atoms with van der Waals surface area (Å²) >= 11 is 0. The van der Waals surface area contributed by atoms with Crippen LogP contribution in [0.1, 0.15) is 25.8 Å². The van der Waals surface area contributed by atoms with Gasteiger partial charge < -0.3 is 26.2 Å². The van der Waals surface area contributed by atoms with Crippen molar-refractivity contribution in [2.24, 2.45) is 17.4 Å². The Morgan fingerprint density at radius 3 is 2.49 bits per heavy atom. The third-order valence-electron chi connectivity index (χ3n) is 7.05. The van der Waals surface area contributed by atoms with E-state index in [0.717, 1.165) is 50.3 Å². The van der Waals surface area contributed by atoms with E-state index in [0.29, 0.717) is 32.1 Å². The summed E-state index contributed by atoms with van der Waals surface area (Å²) in [6, 6.07) is 9.13. The number of urea groups is 1. The molecule has 2 aliphatic heterocycles. The lowest BCUT2D eigenvalue weighted by Crippen LogP contribution is -2.58. The van der Waals surface area contributed by atoms with Crippen molar-refractivity contribution in [1.29, 1.82) is 0 Å². The van der Waals surface area contributed by atoms with Crippen LogP contribution >= 0.6 is 0 Å². The first-order valence-electron chi connectivity index (χ1n) is 12.9. The zero-order valence-electron chi connectivity index (χ0n) is 21.7. The number of nitrogens with zero attached hydrogens (tertiary/aromatic N) is 5. The molecule has 2 fully saturated rings. The molecule has 0 aliphatic carbocycles. The maximum Gasteiger partial charge on any atom is 0.354 e. The molecule has 0 unspecified atom stereocenters. The number of anilines is 1. The largest absolute Gasteiger partial charge is 0.354 e. The summed E-state index contributed by atoms with van der Waals surface area (Å²) < 4.78 is 1.47. The van der Waals surface area contributed by atoms with Crippen molar-refractivity contribution in [3.05, 3.63) is 52.6 Å². The van der Waals surface area contributed by atoms with Crippen LogP contribution in [0.3, 0.4) is 0 Å². The Morgan fingerprint density at radius 2 is 1.84 bits per heavy atom. The average Bonchev–Trinajstić information content (AvgIpc) is 3.35. The summed E-state index contributed by atoms with van der Waals surface area (Å²) in [5.74, 6) is 0.637. The summed E-state index contributed by atoms with van der Waals surface area (Å²) in [5.41, 5.74) is 12.2. The first kappa shape index (κ1) is 26.8. The van der Waals surface area contributed by atoms with Gasteiger partial charge >= 0.3 is 11.7 Å². The molecule has 0 spiro atoms. The van der Waals surface area contributed by atoms with Gasteiger partial charge in [-0.1, -0.05) is 12.1 Å². The van der Waals surface area contributed by atoms with E-state index in [1.165, 1.54) is 4.57 Å². The smallest absolute Gasteiger partial charge is 0.338 e. The molecule has 11 heteroatoms. The molecular weight excluding hydrogens is 472 g/mol. The topological polar surface area (TPSA) is 143 Å². The summed E-state index contributed by atoms with van der Waals surface area (Å²) in [7, 11) is 0. The Labute approximate surface area is 217 Å². The van der Waals surface area contributed by atoms with Gasteiger partial charge in [0.05, 0.1) is 11.2 Å². The fourth-order valence-electron chi connectivity index (χ4n) is 4.84. The van der Waals surface area contributed by atoms with Crippen LogP contribution in [-0.2, 0) is 11.2 Å². The van der Waals surface area contributed by atoms with Gasteiger partial charge in [0.25, 0.3) is 0 Å². The predicted octanol–water partition coefficient (Wildman–Crippen LogP) is 0.469. The molecule has 2 saturated heterocycles. The number of benzene rings is 1. The molecule has 200 valence electrons. The number of carbonyl (C=O) groups is 2. The highest BCUT2D eigenvalue weighted by Gasteiger charge is 2.31. The second-order valence-corrected chi connectivity index (χ2v) is 10.5. The van der Waals surface area contributed by atoms with Gasteiger partial charge in [0.2, 0.25) is 5.91 Å². The Kier molecular flexibility index (Phi) is 8.25. The van der Waals surface area contributed by atoms with Gasteiger partial charge in [0.1, 0.15) is 5.82 Å². The van der Waals surface area contributed by atoms with Crippen molar-refractivity contribution in [2.75, 3.05) is 57.7 Å². The molecule has 0 saturated carbocycles. The number of piperazine rings is 1. The number of amides is 3. The lowest BCUT2D eigenvalue weighted by molar-refractivity contribution is -0.137. The van der Waals surface area contributed by atoms with Crippen LogP contribution in [0.25, 0.3) is 5.69 Å². The summed E-state index contributed by atoms with van der Waals surface area (Å²) in [6.45, 7) is 8.74. The number of rotatable bonds is 7. The van der Waals surface area contributed by atoms with E-state index in [1.54, 1.807) is 35.9 Å². The van der Waals surface area contributed by atoms with Crippen molar-refractivity contribution in [3.63, 3.8) is 0 Å². The third-order valence-corrected chi connectivity index (χ3v) is 7.05. The van der Waals surface area contributed by atoms with E-state index in [9.17, 15) is 14.4 Å². The quantitative estimate of drug-likeness (QED) is 0.491. The van der Waals surface area contributed by atoms with Gasteiger partial charge in [0.15, 0.2) is 0 Å². The van der Waals surface area contributed by atoms with E-state index in [1.807, 2.05) is 18.2 Å². The minimum atomic E-state index is -0.945. The van der Waals surface area contributed by atoms with Crippen LogP contribution in [0.15, 0.2) is 41.3 Å². The van der Waals surface area contributed by atoms with Gasteiger partial charge in [-0.2, -0.15) is 4.98 Å². The Hall–Kier alpha value is -3.28. The SMILES string of the molecule is CC(C)(N)C(=O)N1CCN(C(=O)Nc2ccn(-c3cccc(CCN4CC[C@H](CN)C4)c3)c(=O)n2)CC1. The minimum absolute atomic E-state index is 0.141. The molecule has 0 radical (unpaired) electrons. The lowest BCUT2D eigenvalue weighted by Gasteiger charge is -2.37. The van der Waals surface area contributed by atoms with Crippen molar-refractivity contribution in [3.8, 4) is 5.69 Å². The Bertz CT molecular complexity index is 1170. The van der Waals surface area contributed by atoms with Gasteiger partial charge in [-0.3, -0.25) is 14.7 Å². The van der Waals surface area contributed by atoms with Crippen LogP contribution in [-0.4, -0.2) is 94.1 Å². The van der Waals surface area contributed by atoms with Crippen LogP contribution in [0.5, 0.6) is 0 Å². The van der Waals surface area contributed by atoms with Crippen molar-refractivity contribution < 1.29 is 9.59 Å². The predicted molar refractivity (Wildman–Crippen MR) is 143 cm³/mol. The van der Waals surface area contributed by atoms with Gasteiger partial charge in [-0.05, 0) is 69.5 Å². The molecule has 1 aromatic carbocycles. The molecule has 37 heavy (non-hydrogen) atoms. The number of nitrogens with one attached hydrogen (secondary N) is 1. The second kappa shape index (κ2) is 11.4. The molecule has 5 N–H and O–H groups in total. The van der Waals surface area contributed by atoms with E-state index in [4.69, 9.17) is 11.5 Å². The van der Waals surface area contributed by atoms with Crippen molar-refractivity contribution in [1.82, 2.24) is 24.3 Å². The van der Waals surface area contributed by atoms with Crippen LogP contribution in [0.2, 0.25) is 0 Å². The van der Waals surface area contributed by atoms with Crippen molar-refractivity contribution in [2.45, 2.75) is 32.2 Å². The maximum atomic E-state index is 12.8. The highest BCUT2D eigenvalue weighted by molar-refractivity contribution is 5.89. The number of aromatic nitrogens is 2. The third kappa shape index (κ3) is 6.73. The highest BCUT2D eigenvalue weighted by Crippen LogP contribution is 2.17. The van der Waals surface area contributed by atoms with Gasteiger partial charge in [-0.15, -0.1) is 0 Å². The zero-order valence-corrected chi connectivity index (χ0v) is 21.7. The summed E-state index contributed by atoms with van der Waals surface area (Å²) in [6.07, 6.45) is 3.67. The number of carbonyl (C=O) groups excluding carboxylic acids is 2.